The predicted molar refractivity (Wildman–Crippen MR) is 95.4 cm³/mol. The zero-order valence-corrected chi connectivity index (χ0v) is 12.5. The molecule has 0 aliphatic carbocycles. The average Bonchev–Trinajstić information content (AvgIpc) is 2.15. The van der Waals surface area contributed by atoms with E-state index in [0.717, 1.165) is 19.3 Å². The van der Waals surface area contributed by atoms with Crippen LogP contribution in [0.25, 0.3) is 0 Å². The first-order chi connectivity index (χ1) is 7.60. The van der Waals surface area contributed by atoms with Gasteiger partial charge in [-0.05, 0) is 33.7 Å². The Kier molecular flexibility index (Phi) is 43.1. The molecule has 0 aromatic carbocycles. The van der Waals surface area contributed by atoms with Gasteiger partial charge in [-0.3, -0.25) is 4.79 Å². The van der Waals surface area contributed by atoms with Crippen molar-refractivity contribution < 1.29 is 14.6 Å². The van der Waals surface area contributed by atoms with Crippen molar-refractivity contribution in [2.24, 2.45) is 5.73 Å². The molecule has 0 radical (unpaired) electrons. The standard InChI is InChI=1S/C6H12O2.C3H9BO.C3H9N.3CH4/c1-5(7)8-6(2,3)4;1-3-4(2)5;1-2-3-4;;;/h1-4H3;5H,3H2,1-2H3;2-4H2,1H3;3*1H4. The molecule has 0 unspecified atom stereocenters. The van der Waals surface area contributed by atoms with Gasteiger partial charge in [-0.25, -0.2) is 0 Å². The van der Waals surface area contributed by atoms with Crippen molar-refractivity contribution in [2.45, 2.75) is 89.0 Å². The van der Waals surface area contributed by atoms with Crippen LogP contribution in [0.3, 0.4) is 0 Å². The normalized spacial score (nSPS) is 7.85. The SMILES string of the molecule is C.C.C.CC(=O)OC(C)(C)C.CCB(C)O.CCCN. The summed E-state index contributed by atoms with van der Waals surface area (Å²) in [5.74, 6) is -0.225. The van der Waals surface area contributed by atoms with E-state index in [4.69, 9.17) is 15.5 Å². The Labute approximate surface area is 129 Å². The monoisotopic (exact) mass is 295 g/mol. The minimum atomic E-state index is -0.328. The Hall–Kier alpha value is -0.545. The molecule has 0 spiro atoms. The third-order valence-corrected chi connectivity index (χ3v) is 1.33. The van der Waals surface area contributed by atoms with Gasteiger partial charge in [0.25, 0.3) is 6.92 Å². The highest BCUT2D eigenvalue weighted by Gasteiger charge is 2.11. The third kappa shape index (κ3) is 85.0. The van der Waals surface area contributed by atoms with E-state index >= 15 is 0 Å². The molecule has 0 fully saturated rings. The fraction of sp³-hybridized carbons (Fsp3) is 0.933. The molecule has 0 aliphatic rings. The van der Waals surface area contributed by atoms with Crippen LogP contribution in [0.2, 0.25) is 13.1 Å². The topological polar surface area (TPSA) is 72.5 Å². The summed E-state index contributed by atoms with van der Waals surface area (Å²) in [5.41, 5.74) is 4.70. The highest BCUT2D eigenvalue weighted by atomic mass is 16.6. The number of carbonyl (C=O) groups excluding carboxylic acids is 1. The smallest absolute Gasteiger partial charge is 0.303 e. The van der Waals surface area contributed by atoms with E-state index in [0.29, 0.717) is 0 Å². The number of esters is 1. The molecular formula is C15H42BNO3. The number of hydrogen-bond donors (Lipinski definition) is 2. The molecule has 0 aliphatic heterocycles. The van der Waals surface area contributed by atoms with Gasteiger partial charge in [-0.15, -0.1) is 0 Å². The lowest BCUT2D eigenvalue weighted by molar-refractivity contribution is -0.151. The van der Waals surface area contributed by atoms with Crippen molar-refractivity contribution in [2.75, 3.05) is 6.54 Å². The van der Waals surface area contributed by atoms with E-state index in [1.165, 1.54) is 6.92 Å². The molecular weight excluding hydrogens is 253 g/mol. The lowest BCUT2D eigenvalue weighted by Gasteiger charge is -2.17. The molecule has 3 N–H and O–H groups in total. The van der Waals surface area contributed by atoms with E-state index in [1.807, 2.05) is 27.7 Å². The zero-order chi connectivity index (χ0) is 14.5. The van der Waals surface area contributed by atoms with Gasteiger partial charge in [-0.1, -0.05) is 49.3 Å². The summed E-state index contributed by atoms with van der Waals surface area (Å²) in [7, 11) is 0. The quantitative estimate of drug-likeness (QED) is 0.590. The maximum absolute atomic E-state index is 10.2. The highest BCUT2D eigenvalue weighted by Crippen LogP contribution is 2.05. The Bertz CT molecular complexity index is 167. The average molecular weight is 295 g/mol. The summed E-state index contributed by atoms with van der Waals surface area (Å²) in [5, 5.41) is 8.36. The first-order valence-corrected chi connectivity index (χ1v) is 6.18. The molecule has 0 saturated carbocycles. The molecule has 0 atom stereocenters. The Balaban J connectivity index is -0.0000000363. The van der Waals surface area contributed by atoms with Gasteiger partial charge in [-0.2, -0.15) is 0 Å². The van der Waals surface area contributed by atoms with Crippen LogP contribution in [-0.4, -0.2) is 30.1 Å². The molecule has 20 heavy (non-hydrogen) atoms. The second kappa shape index (κ2) is 23.5. The second-order valence-corrected chi connectivity index (χ2v) is 4.75. The van der Waals surface area contributed by atoms with Gasteiger partial charge in [0.15, 0.2) is 0 Å². The van der Waals surface area contributed by atoms with E-state index in [2.05, 4.69) is 6.92 Å². The van der Waals surface area contributed by atoms with Crippen LogP contribution in [0, 0.1) is 0 Å². The Morgan fingerprint density at radius 3 is 1.45 bits per heavy atom. The van der Waals surface area contributed by atoms with Crippen LogP contribution in [0.1, 0.15) is 70.2 Å². The molecule has 0 amide bonds. The van der Waals surface area contributed by atoms with Crippen molar-refractivity contribution >= 4 is 12.9 Å². The van der Waals surface area contributed by atoms with Crippen LogP contribution >= 0.6 is 0 Å². The summed E-state index contributed by atoms with van der Waals surface area (Å²) >= 11 is 0. The maximum Gasteiger partial charge on any atom is 0.303 e. The van der Waals surface area contributed by atoms with Gasteiger partial charge in [0.2, 0.25) is 0 Å². The number of carbonyl (C=O) groups is 1. The molecule has 5 heteroatoms. The van der Waals surface area contributed by atoms with Crippen molar-refractivity contribution in [1.82, 2.24) is 0 Å². The fourth-order valence-electron chi connectivity index (χ4n) is 0.431. The second-order valence-electron chi connectivity index (χ2n) is 4.75. The predicted octanol–water partition coefficient (Wildman–Crippen LogP) is 4.23. The lowest BCUT2D eigenvalue weighted by atomic mass is 9.69. The Morgan fingerprint density at radius 1 is 1.20 bits per heavy atom. The molecule has 0 heterocycles. The van der Waals surface area contributed by atoms with E-state index in [1.54, 1.807) is 6.82 Å². The van der Waals surface area contributed by atoms with Crippen LogP contribution in [-0.2, 0) is 9.53 Å². The first-order valence-electron chi connectivity index (χ1n) is 6.18. The maximum atomic E-state index is 10.2. The number of nitrogens with two attached hydrogens (primary N) is 1. The summed E-state index contributed by atoms with van der Waals surface area (Å²) in [6.07, 6.45) is 1.96. The fourth-order valence-corrected chi connectivity index (χ4v) is 0.431. The number of hydrogen-bond acceptors (Lipinski definition) is 4. The van der Waals surface area contributed by atoms with Gasteiger partial charge in [0.05, 0.1) is 0 Å². The highest BCUT2D eigenvalue weighted by molar-refractivity contribution is 6.48. The lowest BCUT2D eigenvalue weighted by Crippen LogP contribution is -2.21. The van der Waals surface area contributed by atoms with E-state index in [9.17, 15) is 4.79 Å². The van der Waals surface area contributed by atoms with Gasteiger partial charge < -0.3 is 15.5 Å². The minimum absolute atomic E-state index is 0. The summed E-state index contributed by atoms with van der Waals surface area (Å²) in [4.78, 5) is 10.2. The van der Waals surface area contributed by atoms with Crippen LogP contribution in [0.5, 0.6) is 0 Å². The molecule has 128 valence electrons. The molecule has 0 bridgehead atoms. The first kappa shape index (κ1) is 36.6. The van der Waals surface area contributed by atoms with Crippen molar-refractivity contribution in [1.29, 1.82) is 0 Å². The van der Waals surface area contributed by atoms with Crippen LogP contribution < -0.4 is 5.73 Å². The summed E-state index contributed by atoms with van der Waals surface area (Å²) < 4.78 is 4.80. The van der Waals surface area contributed by atoms with Crippen LogP contribution in [0.15, 0.2) is 0 Å². The van der Waals surface area contributed by atoms with Gasteiger partial charge >= 0.3 is 5.97 Å². The molecule has 0 aromatic rings. The van der Waals surface area contributed by atoms with E-state index in [-0.39, 0.29) is 40.8 Å². The van der Waals surface area contributed by atoms with E-state index < -0.39 is 0 Å². The number of ether oxygens (including phenoxy) is 1. The minimum Gasteiger partial charge on any atom is -0.460 e. The van der Waals surface area contributed by atoms with Gasteiger partial charge in [0, 0.05) is 6.92 Å². The Morgan fingerprint density at radius 2 is 1.45 bits per heavy atom. The molecule has 4 nitrogen and oxygen atoms in total. The summed E-state index contributed by atoms with van der Waals surface area (Å²) in [6.45, 7) is 13.4. The molecule has 0 rings (SSSR count). The molecule has 0 aromatic heterocycles. The van der Waals surface area contributed by atoms with Crippen molar-refractivity contribution in [3.05, 3.63) is 0 Å². The number of rotatable bonds is 2. The van der Waals surface area contributed by atoms with Crippen LogP contribution in [0.4, 0.5) is 0 Å². The van der Waals surface area contributed by atoms with Gasteiger partial charge in [0.1, 0.15) is 5.60 Å². The summed E-state index contributed by atoms with van der Waals surface area (Å²) in [6, 6.07) is 0. The third-order valence-electron chi connectivity index (χ3n) is 1.33. The largest absolute Gasteiger partial charge is 0.460 e. The van der Waals surface area contributed by atoms with Crippen molar-refractivity contribution in [3.8, 4) is 0 Å². The zero-order valence-electron chi connectivity index (χ0n) is 12.5. The molecule has 0 saturated heterocycles. The van der Waals surface area contributed by atoms with Crippen molar-refractivity contribution in [3.63, 3.8) is 0 Å².